The number of thiophene rings is 1. The van der Waals surface area contributed by atoms with E-state index >= 15 is 0 Å². The number of aliphatic hydroxyl groups is 2. The molecule has 0 aliphatic heterocycles. The number of hydrogen-bond donors (Lipinski definition) is 2. The molecule has 106 valence electrons. The van der Waals surface area contributed by atoms with Gasteiger partial charge in [0.05, 0.1) is 13.2 Å². The van der Waals surface area contributed by atoms with E-state index in [1.54, 1.807) is 5.38 Å². The van der Waals surface area contributed by atoms with Gasteiger partial charge in [-0.3, -0.25) is 4.79 Å². The van der Waals surface area contributed by atoms with Gasteiger partial charge in [-0.1, -0.05) is 11.8 Å². The van der Waals surface area contributed by atoms with E-state index in [9.17, 15) is 19.8 Å². The first-order valence-corrected chi connectivity index (χ1v) is 7.48. The van der Waals surface area contributed by atoms with Gasteiger partial charge in [-0.25, -0.2) is 4.79 Å². The van der Waals surface area contributed by atoms with Crippen LogP contribution in [-0.2, 0) is 9.53 Å². The highest BCUT2D eigenvalue weighted by Gasteiger charge is 2.21. The van der Waals surface area contributed by atoms with E-state index in [1.807, 2.05) is 0 Å². The lowest BCUT2D eigenvalue weighted by atomic mass is 10.1. The Kier molecular flexibility index (Phi) is 6.50. The summed E-state index contributed by atoms with van der Waals surface area (Å²) < 4.78 is 4.57. The van der Waals surface area contributed by atoms with Crippen molar-refractivity contribution < 1.29 is 24.5 Å². The molecule has 1 heterocycles. The summed E-state index contributed by atoms with van der Waals surface area (Å²) in [6.45, 7) is 1.45. The average molecular weight is 304 g/mol. The lowest BCUT2D eigenvalue weighted by molar-refractivity contribution is -0.109. The van der Waals surface area contributed by atoms with Crippen molar-refractivity contribution in [1.82, 2.24) is 0 Å². The molecule has 2 N–H and O–H groups in total. The van der Waals surface area contributed by atoms with Crippen molar-refractivity contribution in [2.45, 2.75) is 25.6 Å². The molecule has 0 aromatic carbocycles. The topological polar surface area (TPSA) is 83.8 Å². The number of methoxy groups -OCH3 is 1. The van der Waals surface area contributed by atoms with Crippen molar-refractivity contribution in [3.05, 3.63) is 21.9 Å². The molecule has 5 nitrogen and oxygen atoms in total. The van der Waals surface area contributed by atoms with Gasteiger partial charge < -0.3 is 14.9 Å². The van der Waals surface area contributed by atoms with Crippen LogP contribution in [0.3, 0.4) is 0 Å². The molecule has 0 bridgehead atoms. The molecule has 0 aliphatic carbocycles. The second kappa shape index (κ2) is 7.64. The Morgan fingerprint density at radius 1 is 1.47 bits per heavy atom. The third-order valence-electron chi connectivity index (χ3n) is 2.43. The Morgan fingerprint density at radius 2 is 2.16 bits per heavy atom. The molecule has 0 radical (unpaired) electrons. The molecule has 1 aromatic heterocycles. The third kappa shape index (κ3) is 4.94. The van der Waals surface area contributed by atoms with Crippen LogP contribution in [0.25, 0.3) is 0 Å². The summed E-state index contributed by atoms with van der Waals surface area (Å²) in [4.78, 5) is 22.4. The third-order valence-corrected chi connectivity index (χ3v) is 4.21. The molecule has 7 heteroatoms. The van der Waals surface area contributed by atoms with Crippen molar-refractivity contribution in [1.29, 1.82) is 0 Å². The zero-order chi connectivity index (χ0) is 14.4. The molecule has 2 atom stereocenters. The maximum Gasteiger partial charge on any atom is 0.348 e. The highest BCUT2D eigenvalue weighted by molar-refractivity contribution is 8.13. The van der Waals surface area contributed by atoms with Crippen LogP contribution in [0, 0.1) is 0 Å². The monoisotopic (exact) mass is 304 g/mol. The van der Waals surface area contributed by atoms with Gasteiger partial charge in [0.15, 0.2) is 5.12 Å². The summed E-state index contributed by atoms with van der Waals surface area (Å²) in [5.74, 6) is -0.0215. The zero-order valence-corrected chi connectivity index (χ0v) is 12.3. The van der Waals surface area contributed by atoms with Crippen LogP contribution in [0.15, 0.2) is 11.4 Å². The standard InChI is InChI=1S/C12H16O5S2/c1-7(13)18-4-3-9(14)11(15)8-5-10(19-6-8)12(16)17-2/h5-6,9,11,14-15H,3-4H2,1-2H3. The zero-order valence-electron chi connectivity index (χ0n) is 10.7. The van der Waals surface area contributed by atoms with Gasteiger partial charge in [-0.15, -0.1) is 11.3 Å². The number of aliphatic hydroxyl groups excluding tert-OH is 2. The highest BCUT2D eigenvalue weighted by Crippen LogP contribution is 2.25. The molecule has 1 aromatic rings. The number of esters is 1. The minimum absolute atomic E-state index is 0.0230. The smallest absolute Gasteiger partial charge is 0.348 e. The fraction of sp³-hybridized carbons (Fsp3) is 0.500. The van der Waals surface area contributed by atoms with E-state index in [4.69, 9.17) is 0 Å². The van der Waals surface area contributed by atoms with Crippen LogP contribution >= 0.6 is 23.1 Å². The predicted octanol–water partition coefficient (Wildman–Crippen LogP) is 1.60. The van der Waals surface area contributed by atoms with E-state index in [0.717, 1.165) is 23.1 Å². The van der Waals surface area contributed by atoms with E-state index in [2.05, 4.69) is 4.74 Å². The van der Waals surface area contributed by atoms with Crippen molar-refractivity contribution in [2.75, 3.05) is 12.9 Å². The molecule has 0 saturated carbocycles. The lowest BCUT2D eigenvalue weighted by Gasteiger charge is -2.16. The molecule has 2 unspecified atom stereocenters. The number of thioether (sulfide) groups is 1. The van der Waals surface area contributed by atoms with E-state index in [-0.39, 0.29) is 5.12 Å². The van der Waals surface area contributed by atoms with Crippen LogP contribution in [0.5, 0.6) is 0 Å². The lowest BCUT2D eigenvalue weighted by Crippen LogP contribution is -2.18. The van der Waals surface area contributed by atoms with Gasteiger partial charge in [0.2, 0.25) is 0 Å². The van der Waals surface area contributed by atoms with Gasteiger partial charge in [0.1, 0.15) is 11.0 Å². The first-order valence-electron chi connectivity index (χ1n) is 5.62. The Bertz CT molecular complexity index is 443. The maximum absolute atomic E-state index is 11.3. The second-order valence-corrected chi connectivity index (χ2v) is 6.06. The van der Waals surface area contributed by atoms with Crippen molar-refractivity contribution in [2.24, 2.45) is 0 Å². The summed E-state index contributed by atoms with van der Waals surface area (Å²) in [6, 6.07) is 1.50. The van der Waals surface area contributed by atoms with Gasteiger partial charge in [-0.2, -0.15) is 0 Å². The Balaban J connectivity index is 2.56. The molecule has 19 heavy (non-hydrogen) atoms. The van der Waals surface area contributed by atoms with E-state index < -0.39 is 18.2 Å². The maximum atomic E-state index is 11.3. The molecule has 0 aliphatic rings. The number of carbonyl (C=O) groups is 2. The minimum atomic E-state index is -1.07. The predicted molar refractivity (Wildman–Crippen MR) is 74.4 cm³/mol. The number of hydrogen-bond acceptors (Lipinski definition) is 7. The quantitative estimate of drug-likeness (QED) is 0.777. The molecule has 0 saturated heterocycles. The normalized spacial score (nSPS) is 13.9. The largest absolute Gasteiger partial charge is 0.465 e. The molecule has 1 rings (SSSR count). The molecule has 0 fully saturated rings. The number of ether oxygens (including phenoxy) is 1. The van der Waals surface area contributed by atoms with E-state index in [1.165, 1.54) is 20.1 Å². The first kappa shape index (κ1) is 16.2. The van der Waals surface area contributed by atoms with Gasteiger partial charge in [0, 0.05) is 12.7 Å². The van der Waals surface area contributed by atoms with Gasteiger partial charge in [0.25, 0.3) is 0 Å². The number of rotatable bonds is 6. The Labute approximate surface area is 119 Å². The molecule has 0 spiro atoms. The fourth-order valence-corrected chi connectivity index (χ4v) is 2.92. The van der Waals surface area contributed by atoms with Crippen LogP contribution < -0.4 is 0 Å². The van der Waals surface area contributed by atoms with Crippen LogP contribution in [-0.4, -0.2) is 40.3 Å². The number of carbonyl (C=O) groups excluding carboxylic acids is 2. The minimum Gasteiger partial charge on any atom is -0.465 e. The summed E-state index contributed by atoms with van der Waals surface area (Å²) in [5, 5.41) is 21.3. The average Bonchev–Trinajstić information content (AvgIpc) is 2.85. The Hall–Kier alpha value is -0.890. The molecule has 0 amide bonds. The molecular weight excluding hydrogens is 288 g/mol. The van der Waals surface area contributed by atoms with Crippen molar-refractivity contribution in [3.8, 4) is 0 Å². The summed E-state index contributed by atoms with van der Waals surface area (Å²) in [6.07, 6.45) is -1.73. The van der Waals surface area contributed by atoms with Crippen LogP contribution in [0.2, 0.25) is 0 Å². The van der Waals surface area contributed by atoms with Crippen molar-refractivity contribution in [3.63, 3.8) is 0 Å². The SMILES string of the molecule is COC(=O)c1cc(C(O)C(O)CCSC(C)=O)cs1. The second-order valence-electron chi connectivity index (χ2n) is 3.88. The van der Waals surface area contributed by atoms with E-state index in [0.29, 0.717) is 22.6 Å². The summed E-state index contributed by atoms with van der Waals surface area (Å²) >= 11 is 2.26. The van der Waals surface area contributed by atoms with Crippen LogP contribution in [0.4, 0.5) is 0 Å². The van der Waals surface area contributed by atoms with Crippen LogP contribution in [0.1, 0.15) is 34.7 Å². The Morgan fingerprint density at radius 3 is 2.74 bits per heavy atom. The molecular formula is C12H16O5S2. The van der Waals surface area contributed by atoms with Gasteiger partial charge >= 0.3 is 5.97 Å². The first-order chi connectivity index (χ1) is 8.95. The highest BCUT2D eigenvalue weighted by atomic mass is 32.2. The summed E-state index contributed by atoms with van der Waals surface area (Å²) in [7, 11) is 1.28. The van der Waals surface area contributed by atoms with Gasteiger partial charge in [-0.05, 0) is 23.4 Å². The van der Waals surface area contributed by atoms with Crippen molar-refractivity contribution >= 4 is 34.2 Å². The summed E-state index contributed by atoms with van der Waals surface area (Å²) in [5.41, 5.74) is 0.478. The fourth-order valence-electron chi connectivity index (χ4n) is 1.42.